The smallest absolute Gasteiger partial charge is 0.227 e. The summed E-state index contributed by atoms with van der Waals surface area (Å²) in [6.45, 7) is 0. The lowest BCUT2D eigenvalue weighted by molar-refractivity contribution is 0.623. The molecular formula is C41H28N2O. The highest BCUT2D eigenvalue weighted by molar-refractivity contribution is 6.11. The molecule has 0 amide bonds. The Bertz CT molecular complexity index is 2190. The number of fused-ring (bicyclic) bond motifs is 3. The molecule has 8 rings (SSSR count). The summed E-state index contributed by atoms with van der Waals surface area (Å²) in [4.78, 5) is 7.12. The van der Waals surface area contributed by atoms with Crippen LogP contribution in [0.25, 0.3) is 55.6 Å². The van der Waals surface area contributed by atoms with Crippen molar-refractivity contribution in [1.29, 1.82) is 0 Å². The molecule has 3 heteroatoms. The summed E-state index contributed by atoms with van der Waals surface area (Å²) in [7, 11) is 0. The van der Waals surface area contributed by atoms with Crippen LogP contribution >= 0.6 is 0 Å². The van der Waals surface area contributed by atoms with Gasteiger partial charge >= 0.3 is 0 Å². The number of oxazole rings is 1. The van der Waals surface area contributed by atoms with Crippen molar-refractivity contribution in [1.82, 2.24) is 4.98 Å². The summed E-state index contributed by atoms with van der Waals surface area (Å²) in [6, 6.07) is 59.2. The Morgan fingerprint density at radius 1 is 0.409 bits per heavy atom. The SMILES string of the molecule is c1ccc(-c2ccc(N(c3ccccc3)c3ccc(-c4cccc5ccc6nc(-c7ccccc7)oc6c45)cc3)cc2)cc1. The quantitative estimate of drug-likeness (QED) is 0.201. The van der Waals surface area contributed by atoms with Crippen molar-refractivity contribution in [2.24, 2.45) is 0 Å². The fraction of sp³-hybridized carbons (Fsp3) is 0. The molecule has 0 fully saturated rings. The van der Waals surface area contributed by atoms with E-state index in [1.807, 2.05) is 42.5 Å². The van der Waals surface area contributed by atoms with Gasteiger partial charge in [0.15, 0.2) is 5.58 Å². The van der Waals surface area contributed by atoms with Gasteiger partial charge in [0.25, 0.3) is 0 Å². The van der Waals surface area contributed by atoms with E-state index in [0.29, 0.717) is 5.89 Å². The van der Waals surface area contributed by atoms with Crippen LogP contribution in [0.15, 0.2) is 174 Å². The average molecular weight is 565 g/mol. The fourth-order valence-electron chi connectivity index (χ4n) is 5.95. The monoisotopic (exact) mass is 564 g/mol. The van der Waals surface area contributed by atoms with Gasteiger partial charge in [0.1, 0.15) is 5.52 Å². The van der Waals surface area contributed by atoms with Crippen molar-refractivity contribution in [3.05, 3.63) is 170 Å². The van der Waals surface area contributed by atoms with Crippen molar-refractivity contribution < 1.29 is 4.42 Å². The minimum atomic E-state index is 0.634. The van der Waals surface area contributed by atoms with Crippen LogP contribution in [0.4, 0.5) is 17.1 Å². The van der Waals surface area contributed by atoms with Crippen molar-refractivity contribution >= 4 is 38.9 Å². The van der Waals surface area contributed by atoms with Gasteiger partial charge in [0, 0.05) is 28.0 Å². The van der Waals surface area contributed by atoms with Gasteiger partial charge in [-0.15, -0.1) is 0 Å². The van der Waals surface area contributed by atoms with Gasteiger partial charge in [-0.05, 0) is 82.2 Å². The van der Waals surface area contributed by atoms with Gasteiger partial charge < -0.3 is 9.32 Å². The summed E-state index contributed by atoms with van der Waals surface area (Å²) in [5, 5.41) is 2.20. The molecular weight excluding hydrogens is 536 g/mol. The number of aromatic nitrogens is 1. The topological polar surface area (TPSA) is 29.3 Å². The largest absolute Gasteiger partial charge is 0.435 e. The summed E-state index contributed by atoms with van der Waals surface area (Å²) >= 11 is 0. The Hall–Kier alpha value is -5.93. The molecule has 1 aromatic heterocycles. The van der Waals surface area contributed by atoms with Gasteiger partial charge in [-0.2, -0.15) is 0 Å². The standard InChI is InChI=1S/C41H28N2O/c1-4-11-29(12-5-1)30-19-24-35(25-20-30)43(34-16-8-3-9-17-34)36-26-21-31(22-27-36)37-18-10-15-32-23-28-38-40(39(32)37)44-41(42-38)33-13-6-2-7-14-33/h1-28H. The van der Waals surface area contributed by atoms with Gasteiger partial charge in [0.05, 0.1) is 0 Å². The highest BCUT2D eigenvalue weighted by Gasteiger charge is 2.16. The highest BCUT2D eigenvalue weighted by Crippen LogP contribution is 2.39. The van der Waals surface area contributed by atoms with Crippen LogP contribution in [0, 0.1) is 0 Å². The van der Waals surface area contributed by atoms with Crippen molar-refractivity contribution in [3.63, 3.8) is 0 Å². The highest BCUT2D eigenvalue weighted by atomic mass is 16.3. The lowest BCUT2D eigenvalue weighted by atomic mass is 9.97. The summed E-state index contributed by atoms with van der Waals surface area (Å²) in [5.41, 5.74) is 10.6. The number of rotatable bonds is 6. The molecule has 0 saturated heterocycles. The third-order valence-electron chi connectivity index (χ3n) is 8.10. The third-order valence-corrected chi connectivity index (χ3v) is 8.10. The molecule has 0 bridgehead atoms. The van der Waals surface area contributed by atoms with Gasteiger partial charge in [-0.3, -0.25) is 0 Å². The Labute approximate surface area is 256 Å². The molecule has 0 aliphatic carbocycles. The molecule has 0 aliphatic rings. The van der Waals surface area contributed by atoms with Crippen LogP contribution in [0.2, 0.25) is 0 Å². The van der Waals surface area contributed by atoms with Crippen molar-refractivity contribution in [3.8, 4) is 33.7 Å². The lowest BCUT2D eigenvalue weighted by Crippen LogP contribution is -2.09. The Morgan fingerprint density at radius 2 is 0.955 bits per heavy atom. The number of nitrogens with zero attached hydrogens (tertiary/aromatic N) is 2. The Kier molecular flexibility index (Phi) is 6.47. The van der Waals surface area contributed by atoms with Crippen molar-refractivity contribution in [2.45, 2.75) is 0 Å². The average Bonchev–Trinajstić information content (AvgIpc) is 3.55. The van der Waals surface area contributed by atoms with Crippen molar-refractivity contribution in [2.75, 3.05) is 4.90 Å². The van der Waals surface area contributed by atoms with Gasteiger partial charge in [-0.1, -0.05) is 115 Å². The van der Waals surface area contributed by atoms with E-state index in [-0.39, 0.29) is 0 Å². The minimum Gasteiger partial charge on any atom is -0.435 e. The molecule has 0 spiro atoms. The van der Waals surface area contributed by atoms with Crippen LogP contribution < -0.4 is 4.90 Å². The van der Waals surface area contributed by atoms with Crippen LogP contribution in [0.3, 0.4) is 0 Å². The molecule has 0 radical (unpaired) electrons. The van der Waals surface area contributed by atoms with Gasteiger partial charge in [0.2, 0.25) is 5.89 Å². The fourth-order valence-corrected chi connectivity index (χ4v) is 5.95. The summed E-state index contributed by atoms with van der Waals surface area (Å²) in [6.07, 6.45) is 0. The van der Waals surface area contributed by atoms with E-state index in [0.717, 1.165) is 55.6 Å². The normalized spacial score (nSPS) is 11.2. The minimum absolute atomic E-state index is 0.634. The lowest BCUT2D eigenvalue weighted by Gasteiger charge is -2.26. The second-order valence-electron chi connectivity index (χ2n) is 10.8. The molecule has 3 nitrogen and oxygen atoms in total. The first-order valence-corrected chi connectivity index (χ1v) is 14.8. The van der Waals surface area contributed by atoms with Crippen LogP contribution in [0.1, 0.15) is 0 Å². The van der Waals surface area contributed by atoms with E-state index in [1.54, 1.807) is 0 Å². The van der Waals surface area contributed by atoms with E-state index in [1.165, 1.54) is 11.1 Å². The molecule has 1 heterocycles. The number of hydrogen-bond donors (Lipinski definition) is 0. The molecule has 208 valence electrons. The number of anilines is 3. The maximum atomic E-state index is 6.43. The van der Waals surface area contributed by atoms with Crippen LogP contribution in [0.5, 0.6) is 0 Å². The predicted molar refractivity (Wildman–Crippen MR) is 183 cm³/mol. The number of hydrogen-bond acceptors (Lipinski definition) is 3. The molecule has 0 unspecified atom stereocenters. The first-order chi connectivity index (χ1) is 21.8. The molecule has 7 aromatic carbocycles. The molecule has 8 aromatic rings. The van der Waals surface area contributed by atoms with Crippen LogP contribution in [-0.4, -0.2) is 4.98 Å². The van der Waals surface area contributed by atoms with E-state index < -0.39 is 0 Å². The number of para-hydroxylation sites is 1. The third kappa shape index (κ3) is 4.71. The van der Waals surface area contributed by atoms with E-state index in [4.69, 9.17) is 9.40 Å². The number of benzene rings is 7. The zero-order chi connectivity index (χ0) is 29.3. The summed E-state index contributed by atoms with van der Waals surface area (Å²) in [5.74, 6) is 0.634. The molecule has 0 atom stereocenters. The van der Waals surface area contributed by atoms with E-state index in [2.05, 4.69) is 132 Å². The first kappa shape index (κ1) is 25.8. The first-order valence-electron chi connectivity index (χ1n) is 14.8. The summed E-state index contributed by atoms with van der Waals surface area (Å²) < 4.78 is 6.43. The zero-order valence-corrected chi connectivity index (χ0v) is 24.0. The second-order valence-corrected chi connectivity index (χ2v) is 10.8. The molecule has 0 saturated carbocycles. The maximum Gasteiger partial charge on any atom is 0.227 e. The Balaban J connectivity index is 1.20. The van der Waals surface area contributed by atoms with E-state index in [9.17, 15) is 0 Å². The molecule has 0 aliphatic heterocycles. The van der Waals surface area contributed by atoms with Gasteiger partial charge in [-0.25, -0.2) is 4.98 Å². The Morgan fingerprint density at radius 3 is 1.61 bits per heavy atom. The molecule has 0 N–H and O–H groups in total. The van der Waals surface area contributed by atoms with E-state index >= 15 is 0 Å². The molecule has 44 heavy (non-hydrogen) atoms. The second kappa shape index (κ2) is 11.0. The maximum absolute atomic E-state index is 6.43. The van der Waals surface area contributed by atoms with Crippen LogP contribution in [-0.2, 0) is 0 Å². The predicted octanol–water partition coefficient (Wildman–Crippen LogP) is 11.5. The zero-order valence-electron chi connectivity index (χ0n) is 24.0.